The first-order valence-electron chi connectivity index (χ1n) is 7.50. The van der Waals surface area contributed by atoms with Crippen LogP contribution in [0.1, 0.15) is 0 Å². The zero-order valence-electron chi connectivity index (χ0n) is 13.4. The third-order valence-corrected chi connectivity index (χ3v) is 8.29. The first-order chi connectivity index (χ1) is 12.3. The van der Waals surface area contributed by atoms with Crippen molar-refractivity contribution in [3.8, 4) is 0 Å². The molecule has 3 aromatic rings. The molecule has 0 spiro atoms. The van der Waals surface area contributed by atoms with Crippen molar-refractivity contribution in [1.29, 1.82) is 0 Å². The molecule has 0 aliphatic rings. The second kappa shape index (κ2) is 7.22. The Balaban J connectivity index is 2.26. The predicted molar refractivity (Wildman–Crippen MR) is 104 cm³/mol. The summed E-state index contributed by atoms with van der Waals surface area (Å²) in [5.74, 6) is 0. The molecule has 0 aliphatic carbocycles. The van der Waals surface area contributed by atoms with E-state index in [1.54, 1.807) is 48.5 Å². The van der Waals surface area contributed by atoms with E-state index in [4.69, 9.17) is 0 Å². The maximum absolute atomic E-state index is 13.2. The minimum Gasteiger partial charge on any atom is -0.200 e. The van der Waals surface area contributed by atoms with Gasteiger partial charge in [0.05, 0.1) is 15.5 Å². The van der Waals surface area contributed by atoms with Crippen molar-refractivity contribution in [3.63, 3.8) is 0 Å². The topological polar surface area (TPSA) is 71.5 Å². The van der Waals surface area contributed by atoms with Gasteiger partial charge in [-0.25, -0.2) is 16.8 Å². The van der Waals surface area contributed by atoms with E-state index < -0.39 is 20.0 Å². The zero-order valence-corrected chi connectivity index (χ0v) is 16.6. The molecule has 134 valence electrons. The first kappa shape index (κ1) is 18.6. The van der Waals surface area contributed by atoms with Crippen molar-refractivity contribution >= 4 is 41.7 Å². The van der Waals surface area contributed by atoms with Crippen LogP contribution in [-0.4, -0.2) is 16.8 Å². The average molecular weight is 452 g/mol. The van der Waals surface area contributed by atoms with Crippen LogP contribution in [0.25, 0.3) is 0 Å². The number of hydrogen-bond donors (Lipinski definition) is 0. The van der Waals surface area contributed by atoms with Gasteiger partial charge >= 0.3 is 0 Å². The lowest BCUT2D eigenvalue weighted by atomic mass is 10.3. The van der Waals surface area contributed by atoms with Crippen LogP contribution < -0.4 is 3.71 Å². The molecule has 5 nitrogen and oxygen atoms in total. The molecule has 0 saturated carbocycles. The molecular weight excluding hydrogens is 438 g/mol. The van der Waals surface area contributed by atoms with Crippen molar-refractivity contribution in [3.05, 3.63) is 89.4 Å². The van der Waals surface area contributed by atoms with E-state index in [1.807, 2.05) is 0 Å². The molecule has 0 aromatic heterocycles. The summed E-state index contributed by atoms with van der Waals surface area (Å²) < 4.78 is 53.9. The molecule has 0 amide bonds. The fourth-order valence-corrected chi connectivity index (χ4v) is 6.34. The second-order valence-electron chi connectivity index (χ2n) is 5.31. The number of benzene rings is 3. The summed E-state index contributed by atoms with van der Waals surface area (Å²) in [5, 5.41) is 0. The molecule has 0 unspecified atom stereocenters. The van der Waals surface area contributed by atoms with Crippen LogP contribution in [0.4, 0.5) is 5.69 Å². The molecule has 0 bridgehead atoms. The van der Waals surface area contributed by atoms with Gasteiger partial charge in [-0.15, -0.1) is 0 Å². The summed E-state index contributed by atoms with van der Waals surface area (Å²) in [6, 6.07) is 21.0. The Bertz CT molecular complexity index is 1030. The van der Waals surface area contributed by atoms with Crippen LogP contribution in [0.3, 0.4) is 0 Å². The van der Waals surface area contributed by atoms with Gasteiger partial charge in [0.15, 0.2) is 0 Å². The van der Waals surface area contributed by atoms with Gasteiger partial charge in [-0.2, -0.15) is 3.71 Å². The molecule has 0 heterocycles. The van der Waals surface area contributed by atoms with Gasteiger partial charge < -0.3 is 0 Å². The number of nitrogens with zero attached hydrogens (tertiary/aromatic N) is 1. The highest BCUT2D eigenvalue weighted by Crippen LogP contribution is 2.31. The zero-order chi connectivity index (χ0) is 18.8. The van der Waals surface area contributed by atoms with Gasteiger partial charge in [-0.05, 0) is 48.5 Å². The van der Waals surface area contributed by atoms with Gasteiger partial charge in [-0.1, -0.05) is 52.3 Å². The highest BCUT2D eigenvalue weighted by atomic mass is 79.9. The lowest BCUT2D eigenvalue weighted by Gasteiger charge is -2.24. The van der Waals surface area contributed by atoms with Gasteiger partial charge in [0.2, 0.25) is 0 Å². The van der Waals surface area contributed by atoms with Gasteiger partial charge in [0.1, 0.15) is 0 Å². The Morgan fingerprint density at radius 1 is 0.577 bits per heavy atom. The molecule has 3 rings (SSSR count). The third kappa shape index (κ3) is 3.53. The summed E-state index contributed by atoms with van der Waals surface area (Å²) in [5.41, 5.74) is 0.0286. The maximum Gasteiger partial charge on any atom is 0.277 e. The molecular formula is C18H14BrNO4S2. The van der Waals surface area contributed by atoms with Gasteiger partial charge in [0.25, 0.3) is 20.0 Å². The molecule has 3 aromatic carbocycles. The largest absolute Gasteiger partial charge is 0.277 e. The number of sulfonamides is 2. The minimum atomic E-state index is -4.34. The standard InChI is InChI=1S/C18H14BrNO4S2/c19-15-11-13-16(14-12-15)20(25(21,22)17-7-3-1-4-8-17)26(23,24)18-9-5-2-6-10-18/h1-14H. The highest BCUT2D eigenvalue weighted by molar-refractivity contribution is 9.10. The van der Waals surface area contributed by atoms with Crippen molar-refractivity contribution in [2.24, 2.45) is 0 Å². The van der Waals surface area contributed by atoms with Crippen LogP contribution in [0, 0.1) is 0 Å². The van der Waals surface area contributed by atoms with Crippen molar-refractivity contribution in [2.45, 2.75) is 9.79 Å². The molecule has 0 atom stereocenters. The summed E-state index contributed by atoms with van der Waals surface area (Å²) in [6.07, 6.45) is 0. The lowest BCUT2D eigenvalue weighted by molar-refractivity contribution is 0.584. The van der Waals surface area contributed by atoms with Gasteiger partial charge in [-0.3, -0.25) is 0 Å². The summed E-state index contributed by atoms with van der Waals surface area (Å²) >= 11 is 3.27. The van der Waals surface area contributed by atoms with Crippen molar-refractivity contribution in [1.82, 2.24) is 0 Å². The molecule has 26 heavy (non-hydrogen) atoms. The van der Waals surface area contributed by atoms with E-state index in [0.29, 0.717) is 8.18 Å². The van der Waals surface area contributed by atoms with E-state index in [-0.39, 0.29) is 15.5 Å². The smallest absolute Gasteiger partial charge is 0.200 e. The molecule has 0 saturated heterocycles. The van der Waals surface area contributed by atoms with Crippen molar-refractivity contribution in [2.75, 3.05) is 3.71 Å². The van der Waals surface area contributed by atoms with Crippen LogP contribution in [0.2, 0.25) is 0 Å². The predicted octanol–water partition coefficient (Wildman–Crippen LogP) is 4.03. The highest BCUT2D eigenvalue weighted by Gasteiger charge is 2.36. The molecule has 0 aliphatic heterocycles. The second-order valence-corrected chi connectivity index (χ2v) is 10.0. The Hall–Kier alpha value is -2.16. The van der Waals surface area contributed by atoms with Crippen molar-refractivity contribution < 1.29 is 16.8 Å². The molecule has 0 N–H and O–H groups in total. The molecule has 0 radical (unpaired) electrons. The number of hydrogen-bond acceptors (Lipinski definition) is 4. The first-order valence-corrected chi connectivity index (χ1v) is 11.2. The van der Waals surface area contributed by atoms with E-state index in [0.717, 1.165) is 0 Å². The Morgan fingerprint density at radius 2 is 0.962 bits per heavy atom. The van der Waals surface area contributed by atoms with E-state index in [9.17, 15) is 16.8 Å². The van der Waals surface area contributed by atoms with Gasteiger partial charge in [0, 0.05) is 4.47 Å². The summed E-state index contributed by atoms with van der Waals surface area (Å²) in [6.45, 7) is 0. The fourth-order valence-electron chi connectivity index (χ4n) is 2.35. The number of anilines is 1. The number of rotatable bonds is 5. The van der Waals surface area contributed by atoms with E-state index in [1.165, 1.54) is 36.4 Å². The van der Waals surface area contributed by atoms with Crippen LogP contribution in [0.5, 0.6) is 0 Å². The monoisotopic (exact) mass is 451 g/mol. The lowest BCUT2D eigenvalue weighted by Crippen LogP contribution is -2.37. The SMILES string of the molecule is O=S(=O)(c1ccccc1)N(c1ccc(Br)cc1)S(=O)(=O)c1ccccc1. The maximum atomic E-state index is 13.2. The normalized spacial score (nSPS) is 11.9. The summed E-state index contributed by atoms with van der Waals surface area (Å²) in [7, 11) is -8.69. The van der Waals surface area contributed by atoms with Crippen LogP contribution in [-0.2, 0) is 20.0 Å². The Labute approximate surface area is 161 Å². The summed E-state index contributed by atoms with van der Waals surface area (Å²) in [4.78, 5) is -0.218. The molecule has 8 heteroatoms. The average Bonchev–Trinajstić information content (AvgIpc) is 2.65. The van der Waals surface area contributed by atoms with E-state index in [2.05, 4.69) is 15.9 Å². The third-order valence-electron chi connectivity index (χ3n) is 3.56. The number of halogens is 1. The Morgan fingerprint density at radius 3 is 1.35 bits per heavy atom. The minimum absolute atomic E-state index is 0.0286. The van der Waals surface area contributed by atoms with E-state index >= 15 is 0 Å². The quantitative estimate of drug-likeness (QED) is 0.586. The van der Waals surface area contributed by atoms with Crippen LogP contribution in [0.15, 0.2) is 99.2 Å². The van der Waals surface area contributed by atoms with Crippen LogP contribution >= 0.6 is 15.9 Å². The fraction of sp³-hybridized carbons (Fsp3) is 0. The molecule has 0 fully saturated rings. The Kier molecular flexibility index (Phi) is 5.17.